The van der Waals surface area contributed by atoms with E-state index in [9.17, 15) is 5.11 Å². The Hall–Kier alpha value is -1.07. The molecule has 94 valence electrons. The average molecular weight is 354 g/mol. The molecule has 1 N–H and O–H groups in total. The summed E-state index contributed by atoms with van der Waals surface area (Å²) in [6.45, 7) is 2.04. The monoisotopic (exact) mass is 354 g/mol. The highest BCUT2D eigenvalue weighted by molar-refractivity contribution is 14.1. The highest BCUT2D eigenvalue weighted by atomic mass is 127. The van der Waals surface area contributed by atoms with Crippen LogP contribution in [-0.4, -0.2) is 12.2 Å². The van der Waals surface area contributed by atoms with Crippen LogP contribution < -0.4 is 4.74 Å². The summed E-state index contributed by atoms with van der Waals surface area (Å²) < 4.78 is 6.39. The smallest absolute Gasteiger partial charge is 0.125 e. The standard InChI is InChI=1S/C15H15IO2/c1-10-6-5-8-12(14(10)16)15(17)11-7-3-4-9-13(11)18-2/h3-9,15,17H,1-2H3. The van der Waals surface area contributed by atoms with E-state index in [1.54, 1.807) is 7.11 Å². The van der Waals surface area contributed by atoms with E-state index in [1.807, 2.05) is 49.4 Å². The average Bonchev–Trinajstić information content (AvgIpc) is 2.41. The number of aliphatic hydroxyl groups excluding tert-OH is 1. The van der Waals surface area contributed by atoms with Gasteiger partial charge in [0.15, 0.2) is 0 Å². The Balaban J connectivity index is 2.48. The fourth-order valence-electron chi connectivity index (χ4n) is 1.94. The maximum Gasteiger partial charge on any atom is 0.125 e. The van der Waals surface area contributed by atoms with Crippen molar-refractivity contribution in [2.45, 2.75) is 13.0 Å². The predicted octanol–water partition coefficient (Wildman–Crippen LogP) is 3.69. The van der Waals surface area contributed by atoms with Crippen LogP contribution in [0.5, 0.6) is 5.75 Å². The minimum atomic E-state index is -0.659. The first-order chi connectivity index (χ1) is 8.65. The first kappa shape index (κ1) is 13.4. The molecule has 0 aliphatic carbocycles. The van der Waals surface area contributed by atoms with Gasteiger partial charge in [-0.25, -0.2) is 0 Å². The number of aryl methyl sites for hydroxylation is 1. The number of ether oxygens (including phenoxy) is 1. The maximum absolute atomic E-state index is 10.5. The lowest BCUT2D eigenvalue weighted by molar-refractivity contribution is 0.214. The summed E-state index contributed by atoms with van der Waals surface area (Å²) in [5, 5.41) is 10.5. The number of aliphatic hydroxyl groups is 1. The Labute approximate surface area is 121 Å². The molecule has 0 spiro atoms. The molecule has 0 aromatic heterocycles. The van der Waals surface area contributed by atoms with E-state index in [2.05, 4.69) is 22.6 Å². The third-order valence-electron chi connectivity index (χ3n) is 2.95. The van der Waals surface area contributed by atoms with Crippen LogP contribution in [0.2, 0.25) is 0 Å². The predicted molar refractivity (Wildman–Crippen MR) is 81.0 cm³/mol. The second-order valence-corrected chi connectivity index (χ2v) is 5.20. The molecule has 0 saturated heterocycles. The molecule has 0 bridgehead atoms. The van der Waals surface area contributed by atoms with Crippen LogP contribution in [0.3, 0.4) is 0 Å². The third kappa shape index (κ3) is 2.52. The molecule has 3 heteroatoms. The highest BCUT2D eigenvalue weighted by Crippen LogP contribution is 2.32. The molecule has 18 heavy (non-hydrogen) atoms. The topological polar surface area (TPSA) is 29.5 Å². The summed E-state index contributed by atoms with van der Waals surface area (Å²) in [5.74, 6) is 0.710. The quantitative estimate of drug-likeness (QED) is 0.852. The van der Waals surface area contributed by atoms with E-state index in [0.29, 0.717) is 5.75 Å². The molecule has 0 amide bonds. The molecule has 2 rings (SSSR count). The zero-order chi connectivity index (χ0) is 13.1. The highest BCUT2D eigenvalue weighted by Gasteiger charge is 2.17. The first-order valence-corrected chi connectivity index (χ1v) is 6.79. The van der Waals surface area contributed by atoms with E-state index >= 15 is 0 Å². The van der Waals surface area contributed by atoms with Crippen molar-refractivity contribution in [3.63, 3.8) is 0 Å². The van der Waals surface area contributed by atoms with E-state index in [4.69, 9.17) is 4.74 Å². The Bertz CT molecular complexity index is 552. The lowest BCUT2D eigenvalue weighted by Crippen LogP contribution is -2.05. The summed E-state index contributed by atoms with van der Waals surface area (Å²) >= 11 is 2.27. The summed E-state index contributed by atoms with van der Waals surface area (Å²) in [6, 6.07) is 13.5. The number of para-hydroxylation sites is 1. The van der Waals surface area contributed by atoms with Gasteiger partial charge in [-0.3, -0.25) is 0 Å². The number of benzene rings is 2. The van der Waals surface area contributed by atoms with Gasteiger partial charge in [0.2, 0.25) is 0 Å². The maximum atomic E-state index is 10.5. The van der Waals surface area contributed by atoms with Crippen LogP contribution in [0.25, 0.3) is 0 Å². The molecular weight excluding hydrogens is 339 g/mol. The number of hydrogen-bond acceptors (Lipinski definition) is 2. The Morgan fingerprint density at radius 1 is 1.06 bits per heavy atom. The van der Waals surface area contributed by atoms with Gasteiger partial charge >= 0.3 is 0 Å². The Morgan fingerprint density at radius 2 is 1.72 bits per heavy atom. The van der Waals surface area contributed by atoms with Crippen LogP contribution in [0.4, 0.5) is 0 Å². The van der Waals surface area contributed by atoms with Crippen molar-refractivity contribution in [3.8, 4) is 5.75 Å². The number of rotatable bonds is 3. The zero-order valence-electron chi connectivity index (χ0n) is 10.4. The lowest BCUT2D eigenvalue weighted by Gasteiger charge is -2.17. The van der Waals surface area contributed by atoms with Gasteiger partial charge in [-0.15, -0.1) is 0 Å². The van der Waals surface area contributed by atoms with Gasteiger partial charge in [-0.05, 0) is 46.7 Å². The Morgan fingerprint density at radius 3 is 2.44 bits per heavy atom. The molecule has 0 heterocycles. The molecule has 0 saturated carbocycles. The molecule has 2 nitrogen and oxygen atoms in total. The first-order valence-electron chi connectivity index (χ1n) is 5.71. The SMILES string of the molecule is COc1ccccc1C(O)c1cccc(C)c1I. The summed E-state index contributed by atoms with van der Waals surface area (Å²) in [6.07, 6.45) is -0.659. The van der Waals surface area contributed by atoms with E-state index < -0.39 is 6.10 Å². The van der Waals surface area contributed by atoms with Crippen LogP contribution in [0, 0.1) is 10.5 Å². The lowest BCUT2D eigenvalue weighted by atomic mass is 9.99. The fourth-order valence-corrected chi connectivity index (χ4v) is 2.60. The molecule has 1 unspecified atom stereocenters. The van der Waals surface area contributed by atoms with Crippen LogP contribution in [-0.2, 0) is 0 Å². The van der Waals surface area contributed by atoms with Gasteiger partial charge in [-0.2, -0.15) is 0 Å². The Kier molecular flexibility index (Phi) is 4.24. The van der Waals surface area contributed by atoms with Crippen molar-refractivity contribution in [2.75, 3.05) is 7.11 Å². The molecule has 2 aromatic carbocycles. The van der Waals surface area contributed by atoms with Crippen molar-refractivity contribution >= 4 is 22.6 Å². The van der Waals surface area contributed by atoms with Gasteiger partial charge in [-0.1, -0.05) is 36.4 Å². The third-order valence-corrected chi connectivity index (χ3v) is 4.42. The van der Waals surface area contributed by atoms with Crippen molar-refractivity contribution in [2.24, 2.45) is 0 Å². The summed E-state index contributed by atoms with van der Waals surface area (Å²) in [4.78, 5) is 0. The van der Waals surface area contributed by atoms with Crippen molar-refractivity contribution in [1.29, 1.82) is 0 Å². The van der Waals surface area contributed by atoms with Crippen molar-refractivity contribution < 1.29 is 9.84 Å². The molecular formula is C15H15IO2. The van der Waals surface area contributed by atoms with Gasteiger partial charge in [0.1, 0.15) is 11.9 Å². The molecule has 0 fully saturated rings. The second-order valence-electron chi connectivity index (χ2n) is 4.12. The van der Waals surface area contributed by atoms with Gasteiger partial charge in [0.05, 0.1) is 7.11 Å². The second kappa shape index (κ2) is 5.71. The minimum Gasteiger partial charge on any atom is -0.496 e. The van der Waals surface area contributed by atoms with Gasteiger partial charge in [0, 0.05) is 9.13 Å². The zero-order valence-corrected chi connectivity index (χ0v) is 12.5. The summed E-state index contributed by atoms with van der Waals surface area (Å²) in [5.41, 5.74) is 2.88. The number of halogens is 1. The fraction of sp³-hybridized carbons (Fsp3) is 0.200. The molecule has 1 atom stereocenters. The van der Waals surface area contributed by atoms with Gasteiger partial charge < -0.3 is 9.84 Å². The molecule has 0 aliphatic heterocycles. The molecule has 2 aromatic rings. The number of methoxy groups -OCH3 is 1. The number of hydrogen-bond donors (Lipinski definition) is 1. The van der Waals surface area contributed by atoms with E-state index in [-0.39, 0.29) is 0 Å². The molecule has 0 aliphatic rings. The van der Waals surface area contributed by atoms with Crippen LogP contribution >= 0.6 is 22.6 Å². The minimum absolute atomic E-state index is 0.659. The van der Waals surface area contributed by atoms with Gasteiger partial charge in [0.25, 0.3) is 0 Å². The van der Waals surface area contributed by atoms with E-state index in [0.717, 1.165) is 14.7 Å². The largest absolute Gasteiger partial charge is 0.496 e. The van der Waals surface area contributed by atoms with E-state index in [1.165, 1.54) is 5.56 Å². The van der Waals surface area contributed by atoms with Crippen LogP contribution in [0.1, 0.15) is 22.8 Å². The molecule has 0 radical (unpaired) electrons. The van der Waals surface area contributed by atoms with Crippen molar-refractivity contribution in [3.05, 3.63) is 62.7 Å². The van der Waals surface area contributed by atoms with Crippen LogP contribution in [0.15, 0.2) is 42.5 Å². The summed E-state index contributed by atoms with van der Waals surface area (Å²) in [7, 11) is 1.62. The normalized spacial score (nSPS) is 12.2. The van der Waals surface area contributed by atoms with Crippen molar-refractivity contribution in [1.82, 2.24) is 0 Å².